The van der Waals surface area contributed by atoms with Crippen molar-refractivity contribution in [2.45, 2.75) is 52.6 Å². The van der Waals surface area contributed by atoms with Crippen molar-refractivity contribution in [2.24, 2.45) is 0 Å². The van der Waals surface area contributed by atoms with Gasteiger partial charge in [-0.1, -0.05) is 26.7 Å². The number of ether oxygens (including phenoxy) is 3. The Hall–Kier alpha value is -1.54. The van der Waals surface area contributed by atoms with Gasteiger partial charge < -0.3 is 14.2 Å². The molecule has 0 radical (unpaired) electrons. The Morgan fingerprint density at radius 2 is 2.00 bits per heavy atom. The second-order valence-electron chi connectivity index (χ2n) is 4.50. The van der Waals surface area contributed by atoms with Crippen molar-refractivity contribution < 1.29 is 19.0 Å². The summed E-state index contributed by atoms with van der Waals surface area (Å²) in [7, 11) is 0. The minimum Gasteiger partial charge on any atom is -0.497 e. The largest absolute Gasteiger partial charge is 0.497 e. The van der Waals surface area contributed by atoms with Crippen molar-refractivity contribution in [3.8, 4) is 6.07 Å². The lowest BCUT2D eigenvalue weighted by Crippen LogP contribution is -2.16. The van der Waals surface area contributed by atoms with E-state index in [1.54, 1.807) is 6.07 Å². The molecule has 0 aliphatic carbocycles. The summed E-state index contributed by atoms with van der Waals surface area (Å²) in [5, 5.41) is 8.83. The van der Waals surface area contributed by atoms with Gasteiger partial charge in [0.15, 0.2) is 5.57 Å². The predicted molar refractivity (Wildman–Crippen MR) is 75.8 cm³/mol. The van der Waals surface area contributed by atoms with Crippen LogP contribution in [-0.2, 0) is 19.0 Å². The van der Waals surface area contributed by atoms with Gasteiger partial charge in [-0.25, -0.2) is 4.79 Å². The van der Waals surface area contributed by atoms with Crippen LogP contribution in [0.15, 0.2) is 11.8 Å². The topological polar surface area (TPSA) is 68.5 Å². The molecule has 0 saturated carbocycles. The Bertz CT molecular complexity index is 333. The summed E-state index contributed by atoms with van der Waals surface area (Å²) >= 11 is 0. The Morgan fingerprint density at radius 3 is 2.60 bits per heavy atom. The third-order valence-electron chi connectivity index (χ3n) is 2.46. The quantitative estimate of drug-likeness (QED) is 0.192. The Kier molecular flexibility index (Phi) is 11.5. The lowest BCUT2D eigenvalue weighted by molar-refractivity contribution is -0.138. The summed E-state index contributed by atoms with van der Waals surface area (Å²) in [5.74, 6) is -0.647. The predicted octanol–water partition coefficient (Wildman–Crippen LogP) is 2.96. The molecule has 5 nitrogen and oxygen atoms in total. The normalized spacial score (nSPS) is 12.6. The first kappa shape index (κ1) is 18.5. The number of rotatable bonds is 11. The second kappa shape index (κ2) is 12.5. The molecule has 1 unspecified atom stereocenters. The molecular weight excluding hydrogens is 258 g/mol. The van der Waals surface area contributed by atoms with Gasteiger partial charge in [-0.2, -0.15) is 5.26 Å². The van der Waals surface area contributed by atoms with Gasteiger partial charge in [0.2, 0.25) is 0 Å². The fraction of sp³-hybridized carbons (Fsp3) is 0.733. The maximum absolute atomic E-state index is 11.4. The highest BCUT2D eigenvalue weighted by Gasteiger charge is 2.11. The Balaban J connectivity index is 3.94. The standard InChI is InChI=1S/C15H25NO4/c1-4-6-7-9-19-13(3)11-18-12-14(10-16)15(17)20-8-5-2/h12-13H,4-9,11H2,1-3H3/b14-12+. The third kappa shape index (κ3) is 9.40. The zero-order chi connectivity index (χ0) is 15.2. The van der Waals surface area contributed by atoms with E-state index in [-0.39, 0.29) is 11.7 Å². The van der Waals surface area contributed by atoms with Crippen LogP contribution < -0.4 is 0 Å². The van der Waals surface area contributed by atoms with Crippen LogP contribution in [0.3, 0.4) is 0 Å². The lowest BCUT2D eigenvalue weighted by atomic mass is 10.3. The minimum atomic E-state index is -0.647. The molecule has 0 aromatic carbocycles. The molecule has 5 heteroatoms. The van der Waals surface area contributed by atoms with Crippen molar-refractivity contribution in [1.82, 2.24) is 0 Å². The summed E-state index contributed by atoms with van der Waals surface area (Å²) in [6.07, 6.45) is 5.12. The zero-order valence-electron chi connectivity index (χ0n) is 12.7. The highest BCUT2D eigenvalue weighted by atomic mass is 16.5. The zero-order valence-corrected chi connectivity index (χ0v) is 12.7. The van der Waals surface area contributed by atoms with Gasteiger partial charge in [-0.05, 0) is 19.8 Å². The van der Waals surface area contributed by atoms with Crippen LogP contribution in [0.5, 0.6) is 0 Å². The average Bonchev–Trinajstić information content (AvgIpc) is 2.45. The molecule has 0 rings (SSSR count). The van der Waals surface area contributed by atoms with Crippen molar-refractivity contribution in [3.63, 3.8) is 0 Å². The van der Waals surface area contributed by atoms with Gasteiger partial charge >= 0.3 is 5.97 Å². The minimum absolute atomic E-state index is 0.0743. The molecular formula is C15H25NO4. The fourth-order valence-corrected chi connectivity index (χ4v) is 1.34. The second-order valence-corrected chi connectivity index (χ2v) is 4.50. The fourth-order valence-electron chi connectivity index (χ4n) is 1.34. The van der Waals surface area contributed by atoms with Crippen LogP contribution in [-0.4, -0.2) is 31.9 Å². The van der Waals surface area contributed by atoms with E-state index in [1.807, 2.05) is 13.8 Å². The number of carbonyl (C=O) groups is 1. The van der Waals surface area contributed by atoms with Crippen molar-refractivity contribution in [3.05, 3.63) is 11.8 Å². The number of unbranched alkanes of at least 4 members (excludes halogenated alkanes) is 2. The monoisotopic (exact) mass is 283 g/mol. The number of nitriles is 1. The number of nitrogens with zero attached hydrogens (tertiary/aromatic N) is 1. The summed E-state index contributed by atoms with van der Waals surface area (Å²) < 4.78 is 15.6. The molecule has 0 aliphatic rings. The SMILES string of the molecule is CCCCCOC(C)CO/C=C(\C#N)C(=O)OCCC. The Labute approximate surface area is 121 Å². The molecule has 0 N–H and O–H groups in total. The van der Waals surface area contributed by atoms with E-state index in [9.17, 15) is 4.79 Å². The molecule has 0 saturated heterocycles. The number of hydrogen-bond donors (Lipinski definition) is 0. The van der Waals surface area contributed by atoms with E-state index >= 15 is 0 Å². The van der Waals surface area contributed by atoms with Crippen molar-refractivity contribution >= 4 is 5.97 Å². The first-order valence-electron chi connectivity index (χ1n) is 7.16. The van der Waals surface area contributed by atoms with E-state index in [1.165, 1.54) is 0 Å². The van der Waals surface area contributed by atoms with Crippen LogP contribution in [0.25, 0.3) is 0 Å². The van der Waals surface area contributed by atoms with Gasteiger partial charge in [0.25, 0.3) is 0 Å². The van der Waals surface area contributed by atoms with Crippen LogP contribution in [0.4, 0.5) is 0 Å². The number of esters is 1. The molecule has 20 heavy (non-hydrogen) atoms. The molecule has 0 amide bonds. The lowest BCUT2D eigenvalue weighted by Gasteiger charge is -2.12. The van der Waals surface area contributed by atoms with Crippen molar-refractivity contribution in [1.29, 1.82) is 5.26 Å². The average molecular weight is 283 g/mol. The highest BCUT2D eigenvalue weighted by Crippen LogP contribution is 2.02. The first-order valence-corrected chi connectivity index (χ1v) is 7.16. The van der Waals surface area contributed by atoms with Gasteiger partial charge in [-0.15, -0.1) is 0 Å². The molecule has 0 bridgehead atoms. The van der Waals surface area contributed by atoms with E-state index in [4.69, 9.17) is 19.5 Å². The highest BCUT2D eigenvalue weighted by molar-refractivity contribution is 5.92. The summed E-state index contributed by atoms with van der Waals surface area (Å²) in [6, 6.07) is 1.77. The third-order valence-corrected chi connectivity index (χ3v) is 2.46. The van der Waals surface area contributed by atoms with Crippen molar-refractivity contribution in [2.75, 3.05) is 19.8 Å². The molecule has 114 valence electrons. The number of hydrogen-bond acceptors (Lipinski definition) is 5. The van der Waals surface area contributed by atoms with Crippen LogP contribution in [0, 0.1) is 11.3 Å². The maximum atomic E-state index is 11.4. The summed E-state index contributed by atoms with van der Waals surface area (Å²) in [4.78, 5) is 11.4. The molecule has 0 aliphatic heterocycles. The summed E-state index contributed by atoms with van der Waals surface area (Å²) in [6.45, 7) is 7.22. The molecule has 0 heterocycles. The van der Waals surface area contributed by atoms with Crippen LogP contribution in [0.1, 0.15) is 46.5 Å². The Morgan fingerprint density at radius 1 is 1.25 bits per heavy atom. The van der Waals surface area contributed by atoms with E-state index in [0.717, 1.165) is 25.5 Å². The van der Waals surface area contributed by atoms with E-state index in [2.05, 4.69) is 6.92 Å². The molecule has 0 aromatic heterocycles. The van der Waals surface area contributed by atoms with Gasteiger partial charge in [0.05, 0.1) is 12.7 Å². The number of carbonyl (C=O) groups excluding carboxylic acids is 1. The van der Waals surface area contributed by atoms with Gasteiger partial charge in [0.1, 0.15) is 18.9 Å². The molecule has 0 spiro atoms. The molecule has 0 aromatic rings. The van der Waals surface area contributed by atoms with Gasteiger partial charge in [-0.3, -0.25) is 0 Å². The van der Waals surface area contributed by atoms with Crippen LogP contribution >= 0.6 is 0 Å². The smallest absolute Gasteiger partial charge is 0.352 e. The molecule has 1 atom stereocenters. The van der Waals surface area contributed by atoms with Crippen LogP contribution in [0.2, 0.25) is 0 Å². The molecule has 0 fully saturated rings. The van der Waals surface area contributed by atoms with E-state index < -0.39 is 5.97 Å². The van der Waals surface area contributed by atoms with Gasteiger partial charge in [0, 0.05) is 6.61 Å². The first-order chi connectivity index (χ1) is 9.65. The van der Waals surface area contributed by atoms with E-state index in [0.29, 0.717) is 26.2 Å². The maximum Gasteiger partial charge on any atom is 0.352 e. The summed E-state index contributed by atoms with van der Waals surface area (Å²) in [5.41, 5.74) is -0.128.